The van der Waals surface area contributed by atoms with Crippen LogP contribution < -0.4 is 10.6 Å². The Hall–Kier alpha value is -0.970. The fourth-order valence-corrected chi connectivity index (χ4v) is 2.72. The molecule has 1 aromatic carbocycles. The monoisotopic (exact) mass is 302 g/mol. The van der Waals surface area contributed by atoms with Crippen molar-refractivity contribution in [3.8, 4) is 0 Å². The van der Waals surface area contributed by atoms with Gasteiger partial charge in [0, 0.05) is 21.8 Å². The van der Waals surface area contributed by atoms with Crippen LogP contribution in [-0.4, -0.2) is 23.3 Å². The molecule has 0 aliphatic heterocycles. The van der Waals surface area contributed by atoms with E-state index in [1.807, 2.05) is 0 Å². The van der Waals surface area contributed by atoms with Crippen LogP contribution in [0.25, 0.3) is 0 Å². The molecule has 104 valence electrons. The molecular weight excluding hydrogens is 287 g/mol. The lowest BCUT2D eigenvalue weighted by Gasteiger charge is -2.26. The summed E-state index contributed by atoms with van der Waals surface area (Å²) in [4.78, 5) is 11.8. The highest BCUT2D eigenvalue weighted by atomic mass is 35.5. The molecule has 0 spiro atoms. The summed E-state index contributed by atoms with van der Waals surface area (Å²) >= 11 is 11.7. The first-order valence-electron chi connectivity index (χ1n) is 6.24. The van der Waals surface area contributed by atoms with E-state index in [4.69, 9.17) is 23.2 Å². The largest absolute Gasteiger partial charge is 0.393 e. The summed E-state index contributed by atoms with van der Waals surface area (Å²) in [5.74, 6) is 0. The van der Waals surface area contributed by atoms with E-state index in [0.717, 1.165) is 25.7 Å². The van der Waals surface area contributed by atoms with E-state index in [9.17, 15) is 9.90 Å². The molecule has 1 fully saturated rings. The zero-order chi connectivity index (χ0) is 13.8. The molecule has 0 atom stereocenters. The quantitative estimate of drug-likeness (QED) is 0.784. The predicted octanol–water partition coefficient (Wildman–Crippen LogP) is 3.42. The number of aliphatic hydroxyl groups is 1. The van der Waals surface area contributed by atoms with Crippen LogP contribution >= 0.6 is 23.2 Å². The minimum absolute atomic E-state index is 0.109. The molecule has 1 aliphatic rings. The molecule has 2 amide bonds. The normalized spacial score (nSPS) is 22.9. The van der Waals surface area contributed by atoms with Crippen LogP contribution in [0.3, 0.4) is 0 Å². The predicted molar refractivity (Wildman–Crippen MR) is 76.9 cm³/mol. The Bertz CT molecular complexity index is 440. The summed E-state index contributed by atoms with van der Waals surface area (Å²) in [6.07, 6.45) is 2.82. The smallest absolute Gasteiger partial charge is 0.319 e. The molecule has 0 bridgehead atoms. The number of benzene rings is 1. The molecule has 0 unspecified atom stereocenters. The summed E-state index contributed by atoms with van der Waals surface area (Å²) < 4.78 is 0. The first-order valence-corrected chi connectivity index (χ1v) is 7.00. The molecule has 19 heavy (non-hydrogen) atoms. The average molecular weight is 303 g/mol. The molecule has 0 saturated heterocycles. The van der Waals surface area contributed by atoms with Gasteiger partial charge < -0.3 is 15.7 Å². The highest BCUT2D eigenvalue weighted by Gasteiger charge is 2.20. The van der Waals surface area contributed by atoms with Gasteiger partial charge in [-0.25, -0.2) is 4.79 Å². The van der Waals surface area contributed by atoms with Crippen LogP contribution in [0.2, 0.25) is 10.0 Å². The first kappa shape index (κ1) is 14.4. The van der Waals surface area contributed by atoms with Gasteiger partial charge >= 0.3 is 6.03 Å². The Morgan fingerprint density at radius 3 is 2.26 bits per heavy atom. The van der Waals surface area contributed by atoms with E-state index >= 15 is 0 Å². The van der Waals surface area contributed by atoms with Crippen molar-refractivity contribution >= 4 is 34.9 Å². The number of nitrogens with one attached hydrogen (secondary N) is 2. The van der Waals surface area contributed by atoms with Gasteiger partial charge in [0.25, 0.3) is 0 Å². The highest BCUT2D eigenvalue weighted by Crippen LogP contribution is 2.23. The molecule has 4 nitrogen and oxygen atoms in total. The van der Waals surface area contributed by atoms with E-state index in [0.29, 0.717) is 15.7 Å². The van der Waals surface area contributed by atoms with Gasteiger partial charge in [-0.05, 0) is 43.9 Å². The van der Waals surface area contributed by atoms with Gasteiger partial charge in [0.1, 0.15) is 0 Å². The molecule has 1 aromatic rings. The molecule has 0 heterocycles. The highest BCUT2D eigenvalue weighted by molar-refractivity contribution is 6.35. The number of halogens is 2. The molecule has 0 aromatic heterocycles. The maximum Gasteiger partial charge on any atom is 0.319 e. The van der Waals surface area contributed by atoms with Gasteiger partial charge in [0.2, 0.25) is 0 Å². The summed E-state index contributed by atoms with van der Waals surface area (Å²) in [6.45, 7) is 0. The number of rotatable bonds is 2. The molecule has 6 heteroatoms. The number of hydrogen-bond acceptors (Lipinski definition) is 2. The van der Waals surface area contributed by atoms with Crippen LogP contribution in [0, 0.1) is 0 Å². The number of carbonyl (C=O) groups is 1. The van der Waals surface area contributed by atoms with Crippen molar-refractivity contribution in [3.05, 3.63) is 28.2 Å². The van der Waals surface area contributed by atoms with E-state index in [1.54, 1.807) is 18.2 Å². The van der Waals surface area contributed by atoms with E-state index in [-0.39, 0.29) is 18.2 Å². The second kappa shape index (κ2) is 6.46. The minimum Gasteiger partial charge on any atom is -0.393 e. The first-order chi connectivity index (χ1) is 9.02. The maximum absolute atomic E-state index is 11.8. The van der Waals surface area contributed by atoms with Gasteiger partial charge in [-0.15, -0.1) is 0 Å². The number of anilines is 1. The zero-order valence-electron chi connectivity index (χ0n) is 10.3. The van der Waals surface area contributed by atoms with Crippen molar-refractivity contribution in [2.24, 2.45) is 0 Å². The van der Waals surface area contributed by atoms with Gasteiger partial charge in [-0.3, -0.25) is 0 Å². The summed E-state index contributed by atoms with van der Waals surface area (Å²) in [5, 5.41) is 15.9. The fraction of sp³-hybridized carbons (Fsp3) is 0.462. The Morgan fingerprint density at radius 1 is 1.11 bits per heavy atom. The van der Waals surface area contributed by atoms with Crippen LogP contribution in [-0.2, 0) is 0 Å². The Kier molecular flexibility index (Phi) is 4.91. The fourth-order valence-electron chi connectivity index (χ4n) is 2.20. The number of hydrogen-bond donors (Lipinski definition) is 3. The molecule has 1 saturated carbocycles. The van der Waals surface area contributed by atoms with E-state index in [2.05, 4.69) is 10.6 Å². The zero-order valence-corrected chi connectivity index (χ0v) is 11.8. The summed E-state index contributed by atoms with van der Waals surface area (Å²) in [7, 11) is 0. The molecule has 2 rings (SSSR count). The van der Waals surface area contributed by atoms with E-state index < -0.39 is 0 Å². The van der Waals surface area contributed by atoms with Crippen LogP contribution in [0.1, 0.15) is 25.7 Å². The molecule has 0 radical (unpaired) electrons. The van der Waals surface area contributed by atoms with Crippen LogP contribution in [0.5, 0.6) is 0 Å². The number of amides is 2. The average Bonchev–Trinajstić information content (AvgIpc) is 2.30. The molecular formula is C13H16Cl2N2O2. The van der Waals surface area contributed by atoms with Crippen molar-refractivity contribution in [2.75, 3.05) is 5.32 Å². The van der Waals surface area contributed by atoms with Gasteiger partial charge in [-0.1, -0.05) is 23.2 Å². The second-order valence-corrected chi connectivity index (χ2v) is 5.63. The third-order valence-corrected chi connectivity index (χ3v) is 3.59. The Morgan fingerprint density at radius 2 is 1.68 bits per heavy atom. The van der Waals surface area contributed by atoms with Crippen LogP contribution in [0.15, 0.2) is 18.2 Å². The van der Waals surface area contributed by atoms with Crippen LogP contribution in [0.4, 0.5) is 10.5 Å². The van der Waals surface area contributed by atoms with Crippen molar-refractivity contribution in [1.29, 1.82) is 0 Å². The number of carbonyl (C=O) groups excluding carboxylic acids is 1. The summed E-state index contributed by atoms with van der Waals surface area (Å²) in [6, 6.07) is 4.71. The van der Waals surface area contributed by atoms with Gasteiger partial charge in [-0.2, -0.15) is 0 Å². The Labute approximate surface area is 122 Å². The lowest BCUT2D eigenvalue weighted by molar-refractivity contribution is 0.118. The van der Waals surface area contributed by atoms with Gasteiger partial charge in [0.15, 0.2) is 0 Å². The third kappa shape index (κ3) is 4.56. The standard InChI is InChI=1S/C13H16Cl2N2O2/c14-8-5-9(15)7-11(6-8)17-13(19)16-10-1-3-12(18)4-2-10/h5-7,10,12,18H,1-4H2,(H2,16,17,19). The summed E-state index contributed by atoms with van der Waals surface area (Å²) in [5.41, 5.74) is 0.561. The number of aliphatic hydroxyl groups excluding tert-OH is 1. The number of urea groups is 1. The molecule has 3 N–H and O–H groups in total. The van der Waals surface area contributed by atoms with Crippen molar-refractivity contribution in [1.82, 2.24) is 5.32 Å². The lowest BCUT2D eigenvalue weighted by Crippen LogP contribution is -2.40. The van der Waals surface area contributed by atoms with E-state index in [1.165, 1.54) is 0 Å². The minimum atomic E-state index is -0.278. The second-order valence-electron chi connectivity index (χ2n) is 4.76. The van der Waals surface area contributed by atoms with Crippen molar-refractivity contribution in [2.45, 2.75) is 37.8 Å². The Balaban J connectivity index is 1.87. The van der Waals surface area contributed by atoms with Crippen molar-refractivity contribution < 1.29 is 9.90 Å². The third-order valence-electron chi connectivity index (χ3n) is 3.15. The SMILES string of the molecule is O=C(Nc1cc(Cl)cc(Cl)c1)NC1CCC(O)CC1. The van der Waals surface area contributed by atoms with Crippen molar-refractivity contribution in [3.63, 3.8) is 0 Å². The maximum atomic E-state index is 11.8. The topological polar surface area (TPSA) is 61.4 Å². The van der Waals surface area contributed by atoms with Gasteiger partial charge in [0.05, 0.1) is 6.10 Å². The molecule has 1 aliphatic carbocycles. The lowest BCUT2D eigenvalue weighted by atomic mass is 9.93.